The van der Waals surface area contributed by atoms with Crippen LogP contribution in [0.15, 0.2) is 0 Å². The molecule has 1 atom stereocenters. The summed E-state index contributed by atoms with van der Waals surface area (Å²) in [5.41, 5.74) is 0. The van der Waals surface area contributed by atoms with Crippen molar-refractivity contribution in [1.29, 1.82) is 16.2 Å². The Kier molecular flexibility index (Phi) is 28.8. The van der Waals surface area contributed by atoms with Crippen molar-refractivity contribution in [3.05, 3.63) is 0 Å². The van der Waals surface area contributed by atoms with Crippen LogP contribution in [0.5, 0.6) is 0 Å². The van der Waals surface area contributed by atoms with Gasteiger partial charge in [0.15, 0.2) is 0 Å². The highest BCUT2D eigenvalue weighted by Crippen LogP contribution is 2.04. The smallest absolute Gasteiger partial charge is 0.231 e. The molecule has 1 fully saturated rings. The van der Waals surface area contributed by atoms with Gasteiger partial charge in [0.2, 0.25) is 18.2 Å². The molecule has 1 aliphatic heterocycles. The van der Waals surface area contributed by atoms with Gasteiger partial charge >= 0.3 is 0 Å². The Morgan fingerprint density at radius 2 is 1.36 bits per heavy atom. The van der Waals surface area contributed by atoms with E-state index in [9.17, 15) is 0 Å². The van der Waals surface area contributed by atoms with Gasteiger partial charge in [-0.25, -0.2) is 30.6 Å². The fraction of sp³-hybridized carbons (Fsp3) is 0.500. The van der Waals surface area contributed by atoms with Gasteiger partial charge in [-0.3, -0.25) is 0 Å². The molecule has 0 aliphatic carbocycles. The summed E-state index contributed by atoms with van der Waals surface area (Å²) in [4.78, 5) is 25.0. The van der Waals surface area contributed by atoms with E-state index in [1.807, 2.05) is 0 Å². The molecule has 1 unspecified atom stereocenters. The summed E-state index contributed by atoms with van der Waals surface area (Å²) in [6.07, 6.45) is 2.44. The van der Waals surface area contributed by atoms with Crippen LogP contribution in [0.25, 0.3) is 0 Å². The average molecular weight is 203 g/mol. The van der Waals surface area contributed by atoms with Crippen LogP contribution in [0, 0.1) is 16.2 Å². The third-order valence-corrected chi connectivity index (χ3v) is 0.606. The van der Waals surface area contributed by atoms with Crippen molar-refractivity contribution >= 4 is 18.2 Å². The lowest BCUT2D eigenvalue weighted by Gasteiger charge is -1.70. The van der Waals surface area contributed by atoms with Crippen LogP contribution in [0.4, 0.5) is 0 Å². The van der Waals surface area contributed by atoms with Crippen LogP contribution in [-0.4, -0.2) is 42.7 Å². The molecule has 8 heteroatoms. The van der Waals surface area contributed by atoms with Gasteiger partial charge in [-0.2, -0.15) is 0 Å². The molecule has 14 heavy (non-hydrogen) atoms. The molecule has 1 heterocycles. The van der Waals surface area contributed by atoms with Gasteiger partial charge in [0.05, 0.1) is 13.2 Å². The van der Waals surface area contributed by atoms with E-state index >= 15 is 0 Å². The van der Waals surface area contributed by atoms with Crippen molar-refractivity contribution in [1.82, 2.24) is 0 Å². The number of hydrogen-bond acceptors (Lipinski definition) is 8. The topological polar surface area (TPSA) is 156 Å². The summed E-state index contributed by atoms with van der Waals surface area (Å²) >= 11 is 0. The summed E-state index contributed by atoms with van der Waals surface area (Å²) in [5, 5.41) is 24.3. The Morgan fingerprint density at radius 1 is 1.14 bits per heavy atom. The number of rotatable bonds is 1. The fourth-order valence-corrected chi connectivity index (χ4v) is 0.173. The molecule has 0 spiro atoms. The number of carbonyl (C=O) groups excluding carboxylic acids is 3. The number of aliphatic hydroxyl groups excluding tert-OH is 1. The van der Waals surface area contributed by atoms with Gasteiger partial charge in [0.25, 0.3) is 0 Å². The Labute approximate surface area is 79.0 Å². The van der Waals surface area contributed by atoms with E-state index in [1.54, 1.807) is 0 Å². The predicted octanol–water partition coefficient (Wildman–Crippen LogP) is -0.920. The second-order valence-electron chi connectivity index (χ2n) is 1.44. The molecule has 0 aromatic rings. The summed E-state index contributed by atoms with van der Waals surface area (Å²) in [6.45, 7) is 0.955. The van der Waals surface area contributed by atoms with Crippen molar-refractivity contribution in [2.24, 2.45) is 0 Å². The quantitative estimate of drug-likeness (QED) is 0.246. The number of nitrogens with one attached hydrogen (secondary N) is 3. The van der Waals surface area contributed by atoms with Crippen molar-refractivity contribution in [2.45, 2.75) is 6.10 Å². The lowest BCUT2D eigenvalue weighted by molar-refractivity contribution is 0.244. The van der Waals surface area contributed by atoms with Crippen LogP contribution in [0.1, 0.15) is 0 Å². The maximum Gasteiger partial charge on any atom is 0.231 e. The zero-order chi connectivity index (χ0) is 11.8. The minimum absolute atomic E-state index is 0.190. The van der Waals surface area contributed by atoms with E-state index in [0.29, 0.717) is 0 Å². The normalized spacial score (nSPS) is 13.9. The zero-order valence-electron chi connectivity index (χ0n) is 7.07. The van der Waals surface area contributed by atoms with Crippen molar-refractivity contribution in [2.75, 3.05) is 13.2 Å². The van der Waals surface area contributed by atoms with E-state index in [2.05, 4.69) is 4.74 Å². The van der Waals surface area contributed by atoms with E-state index in [-0.39, 0.29) is 12.7 Å². The summed E-state index contributed by atoms with van der Waals surface area (Å²) < 4.78 is 4.61. The van der Waals surface area contributed by atoms with Crippen LogP contribution >= 0.6 is 0 Å². The molecule has 0 radical (unpaired) electrons. The average Bonchev–Trinajstić information content (AvgIpc) is 2.90. The van der Waals surface area contributed by atoms with Crippen molar-refractivity contribution < 1.29 is 24.2 Å². The van der Waals surface area contributed by atoms with Crippen LogP contribution in [0.2, 0.25) is 0 Å². The van der Waals surface area contributed by atoms with Gasteiger partial charge in [0.1, 0.15) is 6.10 Å². The summed E-state index contributed by atoms with van der Waals surface area (Å²) in [6, 6.07) is 0. The zero-order valence-corrected chi connectivity index (χ0v) is 7.07. The largest absolute Gasteiger partial charge is 0.394 e. The van der Waals surface area contributed by atoms with Gasteiger partial charge in [-0.05, 0) is 0 Å². The molecule has 78 valence electrons. The van der Waals surface area contributed by atoms with Crippen LogP contribution < -0.4 is 0 Å². The molecular weight excluding hydrogens is 194 g/mol. The number of ether oxygens (including phenoxy) is 1. The fourth-order valence-electron chi connectivity index (χ4n) is 0.173. The molecule has 1 aliphatic rings. The lowest BCUT2D eigenvalue weighted by Crippen LogP contribution is -1.88. The molecule has 4 N–H and O–H groups in total. The maximum atomic E-state index is 8.35. The molecule has 0 saturated carbocycles. The first kappa shape index (κ1) is 18.0. The molecule has 0 amide bonds. The highest BCUT2D eigenvalue weighted by atomic mass is 16.6. The number of hydrogen-bond donors (Lipinski definition) is 4. The molecule has 1 saturated heterocycles. The first-order chi connectivity index (χ1) is 6.67. The van der Waals surface area contributed by atoms with Crippen LogP contribution in [-0.2, 0) is 19.1 Å². The molecule has 8 nitrogen and oxygen atoms in total. The van der Waals surface area contributed by atoms with Crippen LogP contribution in [0.3, 0.4) is 0 Å². The van der Waals surface area contributed by atoms with E-state index in [1.165, 1.54) is 0 Å². The standard InChI is InChI=1S/C3H6O2.3CHNO/c4-1-3-2-5-3;3*2-1-3/h3-4H,1-2H2;3*2H. The van der Waals surface area contributed by atoms with Gasteiger partial charge in [-0.15, -0.1) is 0 Å². The van der Waals surface area contributed by atoms with E-state index < -0.39 is 0 Å². The number of isocyanates is 3. The Morgan fingerprint density at radius 3 is 1.36 bits per heavy atom. The molecular formula is C6H9N3O5. The lowest BCUT2D eigenvalue weighted by atomic mass is 10.5. The summed E-state index contributed by atoms with van der Waals surface area (Å²) in [7, 11) is 0. The first-order valence-electron chi connectivity index (χ1n) is 3.02. The Hall–Kier alpha value is -1.94. The van der Waals surface area contributed by atoms with Gasteiger partial charge in [-0.1, -0.05) is 0 Å². The second kappa shape index (κ2) is 22.5. The SMILES string of the molecule is N=C=O.N=C=O.N=C=O.OCC1CO1. The Balaban J connectivity index is -0.000000121. The Bertz CT molecular complexity index is 179. The van der Waals surface area contributed by atoms with Crippen molar-refractivity contribution in [3.63, 3.8) is 0 Å². The molecule has 1 rings (SSSR count). The molecule has 0 bridgehead atoms. The minimum Gasteiger partial charge on any atom is -0.394 e. The van der Waals surface area contributed by atoms with Gasteiger partial charge < -0.3 is 9.84 Å². The number of aliphatic hydroxyl groups is 1. The molecule has 0 aromatic heterocycles. The second-order valence-corrected chi connectivity index (χ2v) is 1.44. The highest BCUT2D eigenvalue weighted by molar-refractivity contribution is 5.26. The van der Waals surface area contributed by atoms with E-state index in [4.69, 9.17) is 35.7 Å². The van der Waals surface area contributed by atoms with Crippen molar-refractivity contribution in [3.8, 4) is 0 Å². The highest BCUT2D eigenvalue weighted by Gasteiger charge is 2.19. The van der Waals surface area contributed by atoms with Gasteiger partial charge in [0, 0.05) is 0 Å². The monoisotopic (exact) mass is 203 g/mol. The maximum absolute atomic E-state index is 8.35. The minimum atomic E-state index is 0.190. The molecule has 0 aromatic carbocycles. The first-order valence-corrected chi connectivity index (χ1v) is 3.02. The predicted molar refractivity (Wildman–Crippen MR) is 42.1 cm³/mol. The summed E-state index contributed by atoms with van der Waals surface area (Å²) in [5.74, 6) is 0. The number of epoxide rings is 1. The third-order valence-electron chi connectivity index (χ3n) is 0.606. The third kappa shape index (κ3) is 88.2. The van der Waals surface area contributed by atoms with E-state index in [0.717, 1.165) is 24.8 Å².